The van der Waals surface area contributed by atoms with Crippen molar-refractivity contribution in [3.05, 3.63) is 76.4 Å². The van der Waals surface area contributed by atoms with Gasteiger partial charge < -0.3 is 14.6 Å². The van der Waals surface area contributed by atoms with E-state index in [-0.39, 0.29) is 5.91 Å². The highest BCUT2D eigenvalue weighted by molar-refractivity contribution is 9.10. The Morgan fingerprint density at radius 1 is 1.17 bits per heavy atom. The molecule has 0 radical (unpaired) electrons. The van der Waals surface area contributed by atoms with E-state index in [4.69, 9.17) is 4.74 Å². The van der Waals surface area contributed by atoms with Gasteiger partial charge >= 0.3 is 5.97 Å². The summed E-state index contributed by atoms with van der Waals surface area (Å²) in [4.78, 5) is 24.5. The molecule has 0 spiro atoms. The van der Waals surface area contributed by atoms with E-state index in [0.29, 0.717) is 13.2 Å². The first-order valence-corrected chi connectivity index (χ1v) is 10.8. The molecule has 5 nitrogen and oxygen atoms in total. The summed E-state index contributed by atoms with van der Waals surface area (Å²) in [5, 5.41) is 3.97. The van der Waals surface area contributed by atoms with Crippen LogP contribution in [-0.4, -0.2) is 29.6 Å². The SMILES string of the molecule is CCOC(=O)C=Cc1cn(C(C)C(=O)NCCc2ccccc2)c2cccc(Br)c12. The zero-order valence-corrected chi connectivity index (χ0v) is 18.7. The fourth-order valence-corrected chi connectivity index (χ4v) is 3.93. The third kappa shape index (κ3) is 5.19. The fraction of sp³-hybridized carbons (Fsp3) is 0.250. The summed E-state index contributed by atoms with van der Waals surface area (Å²) in [6.45, 7) is 4.55. The minimum absolute atomic E-state index is 0.0521. The molecule has 0 aliphatic rings. The number of halogens is 1. The second-order valence-electron chi connectivity index (χ2n) is 6.91. The Kier molecular flexibility index (Phi) is 7.46. The molecule has 0 saturated heterocycles. The highest BCUT2D eigenvalue weighted by Crippen LogP contribution is 2.32. The smallest absolute Gasteiger partial charge is 0.330 e. The van der Waals surface area contributed by atoms with Gasteiger partial charge in [0.2, 0.25) is 5.91 Å². The first-order chi connectivity index (χ1) is 14.5. The molecule has 0 saturated carbocycles. The number of carbonyl (C=O) groups is 2. The van der Waals surface area contributed by atoms with Crippen LogP contribution in [0.15, 0.2) is 65.3 Å². The predicted octanol–water partition coefficient (Wildman–Crippen LogP) is 4.90. The lowest BCUT2D eigenvalue weighted by atomic mass is 10.1. The summed E-state index contributed by atoms with van der Waals surface area (Å²) in [5.41, 5.74) is 2.94. The van der Waals surface area contributed by atoms with Gasteiger partial charge in [-0.15, -0.1) is 0 Å². The number of hydrogen-bond acceptors (Lipinski definition) is 3. The van der Waals surface area contributed by atoms with Crippen LogP contribution in [0, 0.1) is 0 Å². The molecule has 1 N–H and O–H groups in total. The fourth-order valence-electron chi connectivity index (χ4n) is 3.34. The molecule has 2 aromatic carbocycles. The van der Waals surface area contributed by atoms with Crippen molar-refractivity contribution < 1.29 is 14.3 Å². The molecule has 1 atom stereocenters. The minimum atomic E-state index is -0.401. The third-order valence-corrected chi connectivity index (χ3v) is 5.54. The van der Waals surface area contributed by atoms with E-state index in [1.54, 1.807) is 13.0 Å². The molecule has 1 aromatic heterocycles. The van der Waals surface area contributed by atoms with Crippen LogP contribution in [0.2, 0.25) is 0 Å². The van der Waals surface area contributed by atoms with Gasteiger partial charge in [-0.3, -0.25) is 4.79 Å². The van der Waals surface area contributed by atoms with Gasteiger partial charge in [-0.1, -0.05) is 52.3 Å². The lowest BCUT2D eigenvalue weighted by molar-refractivity contribution is -0.137. The Bertz CT molecular complexity index is 1060. The quantitative estimate of drug-likeness (QED) is 0.377. The first-order valence-electron chi connectivity index (χ1n) is 9.96. The average molecular weight is 469 g/mol. The number of fused-ring (bicyclic) bond motifs is 1. The number of aromatic nitrogens is 1. The summed E-state index contributed by atoms with van der Waals surface area (Å²) in [6.07, 6.45) is 5.81. The van der Waals surface area contributed by atoms with E-state index in [2.05, 4.69) is 33.4 Å². The number of benzene rings is 2. The summed E-state index contributed by atoms with van der Waals surface area (Å²) >= 11 is 3.59. The second kappa shape index (κ2) is 10.3. The first kappa shape index (κ1) is 21.8. The van der Waals surface area contributed by atoms with Gasteiger partial charge in [0, 0.05) is 34.2 Å². The number of amides is 1. The largest absolute Gasteiger partial charge is 0.463 e. The topological polar surface area (TPSA) is 60.3 Å². The summed E-state index contributed by atoms with van der Waals surface area (Å²) in [6, 6.07) is 15.5. The van der Waals surface area contributed by atoms with Crippen LogP contribution in [0.4, 0.5) is 0 Å². The van der Waals surface area contributed by atoms with Crippen LogP contribution in [0.1, 0.15) is 31.0 Å². The maximum Gasteiger partial charge on any atom is 0.330 e. The van der Waals surface area contributed by atoms with Crippen molar-refractivity contribution in [2.75, 3.05) is 13.2 Å². The van der Waals surface area contributed by atoms with E-state index in [0.717, 1.165) is 27.4 Å². The Labute approximate surface area is 184 Å². The van der Waals surface area contributed by atoms with E-state index >= 15 is 0 Å². The Morgan fingerprint density at radius 3 is 2.67 bits per heavy atom. The third-order valence-electron chi connectivity index (χ3n) is 4.87. The highest BCUT2D eigenvalue weighted by Gasteiger charge is 2.19. The maximum absolute atomic E-state index is 12.8. The van der Waals surface area contributed by atoms with Gasteiger partial charge in [-0.2, -0.15) is 0 Å². The van der Waals surface area contributed by atoms with Crippen molar-refractivity contribution in [1.82, 2.24) is 9.88 Å². The van der Waals surface area contributed by atoms with Gasteiger partial charge in [-0.25, -0.2) is 4.79 Å². The number of carbonyl (C=O) groups excluding carboxylic acids is 2. The summed E-state index contributed by atoms with van der Waals surface area (Å²) in [5.74, 6) is -0.444. The molecule has 1 unspecified atom stereocenters. The zero-order chi connectivity index (χ0) is 21.5. The van der Waals surface area contributed by atoms with E-state index < -0.39 is 12.0 Å². The van der Waals surface area contributed by atoms with Crippen molar-refractivity contribution in [3.63, 3.8) is 0 Å². The van der Waals surface area contributed by atoms with E-state index in [1.165, 1.54) is 11.6 Å². The van der Waals surface area contributed by atoms with E-state index in [1.807, 2.05) is 54.1 Å². The van der Waals surface area contributed by atoms with Crippen LogP contribution >= 0.6 is 15.9 Å². The minimum Gasteiger partial charge on any atom is -0.463 e. The number of rotatable bonds is 8. The van der Waals surface area contributed by atoms with Crippen LogP contribution in [0.25, 0.3) is 17.0 Å². The van der Waals surface area contributed by atoms with Crippen LogP contribution in [-0.2, 0) is 20.7 Å². The van der Waals surface area contributed by atoms with Crippen molar-refractivity contribution in [2.24, 2.45) is 0 Å². The second-order valence-corrected chi connectivity index (χ2v) is 7.77. The van der Waals surface area contributed by atoms with Crippen LogP contribution < -0.4 is 5.32 Å². The lowest BCUT2D eigenvalue weighted by Gasteiger charge is -2.15. The molecular formula is C24H25BrN2O3. The number of esters is 1. The highest BCUT2D eigenvalue weighted by atomic mass is 79.9. The molecule has 3 aromatic rings. The van der Waals surface area contributed by atoms with Crippen LogP contribution in [0.5, 0.6) is 0 Å². The summed E-state index contributed by atoms with van der Waals surface area (Å²) < 4.78 is 7.81. The molecule has 0 fully saturated rings. The number of hydrogen-bond donors (Lipinski definition) is 1. The molecule has 0 aliphatic carbocycles. The van der Waals surface area contributed by atoms with Gasteiger partial charge in [-0.05, 0) is 44.0 Å². The number of ether oxygens (including phenoxy) is 1. The number of nitrogens with one attached hydrogen (secondary N) is 1. The van der Waals surface area contributed by atoms with Gasteiger partial charge in [0.15, 0.2) is 0 Å². The normalized spacial score (nSPS) is 12.2. The molecule has 6 heteroatoms. The molecular weight excluding hydrogens is 444 g/mol. The van der Waals surface area contributed by atoms with Crippen molar-refractivity contribution in [1.29, 1.82) is 0 Å². The molecule has 156 valence electrons. The van der Waals surface area contributed by atoms with Gasteiger partial charge in [0.05, 0.1) is 12.1 Å². The molecule has 0 aliphatic heterocycles. The average Bonchev–Trinajstić information content (AvgIpc) is 3.12. The summed E-state index contributed by atoms with van der Waals surface area (Å²) in [7, 11) is 0. The predicted molar refractivity (Wildman–Crippen MR) is 123 cm³/mol. The van der Waals surface area contributed by atoms with Crippen molar-refractivity contribution in [2.45, 2.75) is 26.3 Å². The molecule has 30 heavy (non-hydrogen) atoms. The Hall–Kier alpha value is -2.86. The molecule has 3 rings (SSSR count). The van der Waals surface area contributed by atoms with Gasteiger partial charge in [0.25, 0.3) is 0 Å². The van der Waals surface area contributed by atoms with E-state index in [9.17, 15) is 9.59 Å². The van der Waals surface area contributed by atoms with Crippen molar-refractivity contribution in [3.8, 4) is 0 Å². The monoisotopic (exact) mass is 468 g/mol. The lowest BCUT2D eigenvalue weighted by Crippen LogP contribution is -2.32. The standard InChI is InChI=1S/C24H25BrN2O3/c1-3-30-22(28)13-12-19-16-27(21-11-7-10-20(25)23(19)21)17(2)24(29)26-15-14-18-8-5-4-6-9-18/h4-13,16-17H,3,14-15H2,1-2H3,(H,26,29). The Morgan fingerprint density at radius 2 is 1.93 bits per heavy atom. The van der Waals surface area contributed by atoms with Gasteiger partial charge in [0.1, 0.15) is 6.04 Å². The maximum atomic E-state index is 12.8. The van der Waals surface area contributed by atoms with Crippen molar-refractivity contribution >= 4 is 44.8 Å². The molecule has 0 bridgehead atoms. The molecule has 1 heterocycles. The Balaban J connectivity index is 1.79. The zero-order valence-electron chi connectivity index (χ0n) is 17.1. The number of nitrogens with zero attached hydrogens (tertiary/aromatic N) is 1. The molecule has 1 amide bonds. The van der Waals surface area contributed by atoms with Crippen LogP contribution in [0.3, 0.4) is 0 Å².